The molecule has 1 saturated carbocycles. The van der Waals surface area contributed by atoms with Gasteiger partial charge in [-0.2, -0.15) is 0 Å². The number of carbonyl (C=O) groups is 3. The molecule has 7 nitrogen and oxygen atoms in total. The summed E-state index contributed by atoms with van der Waals surface area (Å²) in [4.78, 5) is 39.4. The summed E-state index contributed by atoms with van der Waals surface area (Å²) in [7, 11) is 0. The molecule has 3 aliphatic rings. The van der Waals surface area contributed by atoms with Crippen LogP contribution in [0.2, 0.25) is 0 Å². The van der Waals surface area contributed by atoms with E-state index in [1.54, 1.807) is 18.2 Å². The second-order valence-corrected chi connectivity index (χ2v) is 7.95. The number of benzene rings is 2. The van der Waals surface area contributed by atoms with Crippen LogP contribution in [0.3, 0.4) is 0 Å². The van der Waals surface area contributed by atoms with Crippen LogP contribution in [-0.4, -0.2) is 36.7 Å². The van der Waals surface area contributed by atoms with Crippen molar-refractivity contribution in [2.24, 2.45) is 5.92 Å². The summed E-state index contributed by atoms with van der Waals surface area (Å²) in [5.74, 6) is -3.60. The molecular formula is C23H21FN2O5. The Morgan fingerprint density at radius 3 is 2.61 bits per heavy atom. The summed E-state index contributed by atoms with van der Waals surface area (Å²) in [6.45, 7) is 0.936. The lowest BCUT2D eigenvalue weighted by atomic mass is 9.82. The van der Waals surface area contributed by atoms with Gasteiger partial charge in [0.1, 0.15) is 5.82 Å². The lowest BCUT2D eigenvalue weighted by Crippen LogP contribution is -2.47. The minimum atomic E-state index is -0.875. The van der Waals surface area contributed by atoms with Crippen LogP contribution in [0.4, 0.5) is 15.8 Å². The Labute approximate surface area is 178 Å². The van der Waals surface area contributed by atoms with Crippen LogP contribution in [0.5, 0.6) is 0 Å². The first kappa shape index (κ1) is 19.8. The number of imide groups is 1. The number of halogens is 1. The van der Waals surface area contributed by atoms with Crippen LogP contribution in [-0.2, 0) is 14.3 Å². The topological polar surface area (TPSA) is 84.9 Å². The van der Waals surface area contributed by atoms with E-state index >= 15 is 0 Å². The van der Waals surface area contributed by atoms with Crippen LogP contribution in [0.1, 0.15) is 46.4 Å². The summed E-state index contributed by atoms with van der Waals surface area (Å²) in [6.07, 6.45) is 3.18. The van der Waals surface area contributed by atoms with Crippen molar-refractivity contribution in [3.63, 3.8) is 0 Å². The van der Waals surface area contributed by atoms with Crippen molar-refractivity contribution in [3.05, 3.63) is 59.4 Å². The average Bonchev–Trinajstić information content (AvgIpc) is 3.32. The Bertz CT molecular complexity index is 1080. The number of anilines is 2. The van der Waals surface area contributed by atoms with Crippen molar-refractivity contribution in [1.29, 1.82) is 0 Å². The van der Waals surface area contributed by atoms with Gasteiger partial charge >= 0.3 is 0 Å². The Morgan fingerprint density at radius 1 is 1.06 bits per heavy atom. The maximum absolute atomic E-state index is 14.1. The number of amides is 3. The van der Waals surface area contributed by atoms with Crippen LogP contribution in [0.25, 0.3) is 0 Å². The summed E-state index contributed by atoms with van der Waals surface area (Å²) in [6, 6.07) is 10.4. The largest absolute Gasteiger partial charge is 0.347 e. The van der Waals surface area contributed by atoms with Gasteiger partial charge in [-0.15, -0.1) is 0 Å². The second kappa shape index (κ2) is 7.55. The van der Waals surface area contributed by atoms with Gasteiger partial charge in [0.15, 0.2) is 5.79 Å². The van der Waals surface area contributed by atoms with Crippen LogP contribution < -0.4 is 10.2 Å². The third-order valence-electron chi connectivity index (χ3n) is 6.13. The lowest BCUT2D eigenvalue weighted by molar-refractivity contribution is -0.210. The zero-order valence-electron chi connectivity index (χ0n) is 16.7. The number of nitrogens with zero attached hydrogens (tertiary/aromatic N) is 1. The van der Waals surface area contributed by atoms with Gasteiger partial charge in [0.05, 0.1) is 35.9 Å². The molecule has 5 rings (SSSR count). The fraction of sp³-hybridized carbons (Fsp3) is 0.348. The molecule has 2 aliphatic heterocycles. The molecule has 1 aliphatic carbocycles. The SMILES string of the molecule is O=C(Nc1cccc(N2C(=O)c3cccc(F)c3C2=O)c1)C1CCCCC12OCCO2. The van der Waals surface area contributed by atoms with Gasteiger partial charge in [0.25, 0.3) is 11.8 Å². The molecule has 1 spiro atoms. The first-order valence-electron chi connectivity index (χ1n) is 10.4. The number of fused-ring (bicyclic) bond motifs is 1. The van der Waals surface area contributed by atoms with E-state index in [4.69, 9.17) is 9.47 Å². The maximum atomic E-state index is 14.1. The van der Waals surface area contributed by atoms with E-state index in [0.29, 0.717) is 31.7 Å². The molecule has 0 aromatic heterocycles. The molecule has 2 heterocycles. The molecule has 1 unspecified atom stereocenters. The molecule has 1 atom stereocenters. The Balaban J connectivity index is 1.39. The highest BCUT2D eigenvalue weighted by atomic mass is 19.1. The molecule has 31 heavy (non-hydrogen) atoms. The van der Waals surface area contributed by atoms with Crippen molar-refractivity contribution >= 4 is 29.1 Å². The van der Waals surface area contributed by atoms with Crippen molar-refractivity contribution in [3.8, 4) is 0 Å². The molecule has 0 bridgehead atoms. The molecule has 1 saturated heterocycles. The zero-order valence-corrected chi connectivity index (χ0v) is 16.7. The van der Waals surface area contributed by atoms with Crippen LogP contribution in [0.15, 0.2) is 42.5 Å². The van der Waals surface area contributed by atoms with Gasteiger partial charge in [0.2, 0.25) is 5.91 Å². The van der Waals surface area contributed by atoms with Gasteiger partial charge in [-0.3, -0.25) is 14.4 Å². The van der Waals surface area contributed by atoms with Crippen LogP contribution >= 0.6 is 0 Å². The number of nitrogens with one attached hydrogen (secondary N) is 1. The van der Waals surface area contributed by atoms with Gasteiger partial charge in [-0.1, -0.05) is 18.6 Å². The number of rotatable bonds is 3. The van der Waals surface area contributed by atoms with Gasteiger partial charge in [-0.05, 0) is 43.2 Å². The molecular weight excluding hydrogens is 403 g/mol. The molecule has 2 fully saturated rings. The van der Waals surface area contributed by atoms with E-state index in [0.717, 1.165) is 23.8 Å². The number of ether oxygens (including phenoxy) is 2. The van der Waals surface area contributed by atoms with E-state index in [1.807, 2.05) is 0 Å². The highest BCUT2D eigenvalue weighted by Crippen LogP contribution is 2.41. The first-order valence-corrected chi connectivity index (χ1v) is 10.4. The fourth-order valence-corrected chi connectivity index (χ4v) is 4.69. The van der Waals surface area contributed by atoms with E-state index in [-0.39, 0.29) is 22.7 Å². The molecule has 0 radical (unpaired) electrons. The summed E-state index contributed by atoms with van der Waals surface area (Å²) in [5.41, 5.74) is 0.481. The Hall–Kier alpha value is -3.10. The molecule has 1 N–H and O–H groups in total. The zero-order chi connectivity index (χ0) is 21.6. The molecule has 2 aromatic rings. The standard InChI is InChI=1S/C23H21FN2O5/c24-18-9-4-7-16-19(18)22(29)26(21(16)28)15-6-3-5-14(13-15)25-20(27)17-8-1-2-10-23(17)30-11-12-31-23/h3-7,9,13,17H,1-2,8,10-12H2,(H,25,27). The van der Waals surface area contributed by atoms with Gasteiger partial charge in [-0.25, -0.2) is 9.29 Å². The highest BCUT2D eigenvalue weighted by molar-refractivity contribution is 6.34. The summed E-state index contributed by atoms with van der Waals surface area (Å²) >= 11 is 0. The summed E-state index contributed by atoms with van der Waals surface area (Å²) in [5, 5.41) is 2.87. The minimum Gasteiger partial charge on any atom is -0.347 e. The molecule has 160 valence electrons. The molecule has 2 aromatic carbocycles. The third kappa shape index (κ3) is 3.23. The van der Waals surface area contributed by atoms with Crippen molar-refractivity contribution in [2.45, 2.75) is 31.5 Å². The lowest BCUT2D eigenvalue weighted by Gasteiger charge is -2.38. The number of carbonyl (C=O) groups excluding carboxylic acids is 3. The van der Waals surface area contributed by atoms with Crippen LogP contribution in [0, 0.1) is 11.7 Å². The highest BCUT2D eigenvalue weighted by Gasteiger charge is 2.49. The minimum absolute atomic E-state index is 0.0270. The quantitative estimate of drug-likeness (QED) is 0.763. The first-order chi connectivity index (χ1) is 15.0. The second-order valence-electron chi connectivity index (χ2n) is 7.95. The predicted octanol–water partition coefficient (Wildman–Crippen LogP) is 3.50. The fourth-order valence-electron chi connectivity index (χ4n) is 4.69. The van der Waals surface area contributed by atoms with E-state index in [2.05, 4.69) is 5.32 Å². The maximum Gasteiger partial charge on any atom is 0.269 e. The van der Waals surface area contributed by atoms with Crippen molar-refractivity contribution < 1.29 is 28.2 Å². The molecule has 8 heteroatoms. The summed E-state index contributed by atoms with van der Waals surface area (Å²) < 4.78 is 25.8. The van der Waals surface area contributed by atoms with E-state index in [1.165, 1.54) is 18.2 Å². The normalized spacial score (nSPS) is 22.1. The van der Waals surface area contributed by atoms with E-state index < -0.39 is 29.3 Å². The van der Waals surface area contributed by atoms with Crippen molar-refractivity contribution in [1.82, 2.24) is 0 Å². The third-order valence-corrected chi connectivity index (χ3v) is 6.13. The monoisotopic (exact) mass is 424 g/mol. The average molecular weight is 424 g/mol. The smallest absolute Gasteiger partial charge is 0.269 e. The number of hydrogen-bond acceptors (Lipinski definition) is 5. The van der Waals surface area contributed by atoms with Gasteiger partial charge in [0, 0.05) is 12.1 Å². The Morgan fingerprint density at radius 2 is 1.84 bits per heavy atom. The Kier molecular flexibility index (Phi) is 4.83. The number of hydrogen-bond donors (Lipinski definition) is 1. The van der Waals surface area contributed by atoms with Crippen molar-refractivity contribution in [2.75, 3.05) is 23.4 Å². The van der Waals surface area contributed by atoms with Gasteiger partial charge < -0.3 is 14.8 Å². The van der Waals surface area contributed by atoms with E-state index in [9.17, 15) is 18.8 Å². The molecule has 3 amide bonds. The predicted molar refractivity (Wildman–Crippen MR) is 109 cm³/mol.